The molecule has 0 amide bonds. The highest BCUT2D eigenvalue weighted by molar-refractivity contribution is 5.19. The molecule has 1 aromatic heterocycles. The fourth-order valence-corrected chi connectivity index (χ4v) is 1.32. The van der Waals surface area contributed by atoms with Gasteiger partial charge in [-0.2, -0.15) is 0 Å². The number of aryl methyl sites for hydroxylation is 1. The molecule has 0 aliphatic heterocycles. The van der Waals surface area contributed by atoms with E-state index in [1.807, 2.05) is 20.8 Å². The second-order valence-corrected chi connectivity index (χ2v) is 3.10. The highest BCUT2D eigenvalue weighted by atomic mass is 16.1. The van der Waals surface area contributed by atoms with Gasteiger partial charge in [0.1, 0.15) is 0 Å². The first-order valence-electron chi connectivity index (χ1n) is 4.23. The summed E-state index contributed by atoms with van der Waals surface area (Å²) in [5, 5.41) is 0. The molecule has 0 saturated heterocycles. The average molecular weight is 166 g/mol. The monoisotopic (exact) mass is 166 g/mol. The summed E-state index contributed by atoms with van der Waals surface area (Å²) < 4.78 is 0. The van der Waals surface area contributed by atoms with Crippen LogP contribution in [0.25, 0.3) is 0 Å². The van der Waals surface area contributed by atoms with E-state index in [1.54, 1.807) is 0 Å². The Hall–Kier alpha value is -1.12. The number of aromatic nitrogens is 2. The lowest BCUT2D eigenvalue weighted by atomic mass is 10.0. The van der Waals surface area contributed by atoms with E-state index in [0.717, 1.165) is 17.7 Å². The van der Waals surface area contributed by atoms with Crippen molar-refractivity contribution in [2.45, 2.75) is 33.1 Å². The summed E-state index contributed by atoms with van der Waals surface area (Å²) in [4.78, 5) is 18.1. The van der Waals surface area contributed by atoms with Gasteiger partial charge in [-0.25, -0.2) is 4.98 Å². The molecule has 1 heterocycles. The maximum Gasteiger partial charge on any atom is 0.254 e. The third kappa shape index (κ3) is 1.55. The smallest absolute Gasteiger partial charge is 0.254 e. The Morgan fingerprint density at radius 2 is 2.25 bits per heavy atom. The number of hydrogen-bond acceptors (Lipinski definition) is 2. The molecule has 0 saturated carbocycles. The van der Waals surface area contributed by atoms with Gasteiger partial charge in [0.05, 0.1) is 12.0 Å². The van der Waals surface area contributed by atoms with Gasteiger partial charge in [-0.1, -0.05) is 20.8 Å². The summed E-state index contributed by atoms with van der Waals surface area (Å²) in [7, 11) is 0. The van der Waals surface area contributed by atoms with Crippen LogP contribution in [-0.4, -0.2) is 9.97 Å². The third-order valence-electron chi connectivity index (χ3n) is 1.88. The molecule has 0 fully saturated rings. The topological polar surface area (TPSA) is 45.8 Å². The highest BCUT2D eigenvalue weighted by Crippen LogP contribution is 2.12. The summed E-state index contributed by atoms with van der Waals surface area (Å²) in [6, 6.07) is 0. The molecule has 1 aromatic rings. The van der Waals surface area contributed by atoms with Gasteiger partial charge in [-0.15, -0.1) is 0 Å². The van der Waals surface area contributed by atoms with E-state index in [-0.39, 0.29) is 11.5 Å². The van der Waals surface area contributed by atoms with Crippen molar-refractivity contribution in [1.82, 2.24) is 9.97 Å². The summed E-state index contributed by atoms with van der Waals surface area (Å²) in [5.41, 5.74) is 1.73. The summed E-state index contributed by atoms with van der Waals surface area (Å²) >= 11 is 0. The van der Waals surface area contributed by atoms with Crippen molar-refractivity contribution < 1.29 is 0 Å². The highest BCUT2D eigenvalue weighted by Gasteiger charge is 2.09. The molecule has 0 aliphatic rings. The van der Waals surface area contributed by atoms with Crippen LogP contribution >= 0.6 is 0 Å². The van der Waals surface area contributed by atoms with Crippen LogP contribution in [0.3, 0.4) is 0 Å². The van der Waals surface area contributed by atoms with E-state index in [1.165, 1.54) is 6.33 Å². The summed E-state index contributed by atoms with van der Waals surface area (Å²) in [6.45, 7) is 6.02. The number of aromatic amines is 1. The van der Waals surface area contributed by atoms with Crippen molar-refractivity contribution in [1.29, 1.82) is 0 Å². The molecule has 0 bridgehead atoms. The van der Waals surface area contributed by atoms with Crippen LogP contribution in [-0.2, 0) is 6.42 Å². The number of hydrogen-bond donors (Lipinski definition) is 1. The van der Waals surface area contributed by atoms with E-state index in [9.17, 15) is 4.79 Å². The first kappa shape index (κ1) is 8.97. The zero-order valence-corrected chi connectivity index (χ0v) is 7.72. The van der Waals surface area contributed by atoms with Crippen molar-refractivity contribution in [3.63, 3.8) is 0 Å². The van der Waals surface area contributed by atoms with Crippen molar-refractivity contribution in [3.8, 4) is 0 Å². The summed E-state index contributed by atoms with van der Waals surface area (Å²) in [5.74, 6) is 0.248. The van der Waals surface area contributed by atoms with Crippen LogP contribution in [0.2, 0.25) is 0 Å². The Morgan fingerprint density at radius 1 is 1.58 bits per heavy atom. The Kier molecular flexibility index (Phi) is 2.63. The molecular weight excluding hydrogens is 152 g/mol. The SMILES string of the molecule is CCc1nc[nH]c(=O)c1C(C)C. The Balaban J connectivity index is 3.30. The minimum Gasteiger partial charge on any atom is -0.313 e. The fourth-order valence-electron chi connectivity index (χ4n) is 1.32. The maximum absolute atomic E-state index is 11.3. The number of nitrogens with one attached hydrogen (secondary N) is 1. The van der Waals surface area contributed by atoms with E-state index in [0.29, 0.717) is 0 Å². The molecule has 0 aliphatic carbocycles. The normalized spacial score (nSPS) is 10.7. The Bertz CT molecular complexity index is 315. The first-order chi connectivity index (χ1) is 5.66. The minimum absolute atomic E-state index is 0.00292. The third-order valence-corrected chi connectivity index (χ3v) is 1.88. The predicted octanol–water partition coefficient (Wildman–Crippen LogP) is 1.46. The fraction of sp³-hybridized carbons (Fsp3) is 0.556. The van der Waals surface area contributed by atoms with Gasteiger partial charge < -0.3 is 4.98 Å². The maximum atomic E-state index is 11.3. The molecule has 0 radical (unpaired) electrons. The lowest BCUT2D eigenvalue weighted by Gasteiger charge is -2.07. The molecular formula is C9H14N2O. The van der Waals surface area contributed by atoms with E-state index < -0.39 is 0 Å². The molecule has 1 N–H and O–H groups in total. The number of rotatable bonds is 2. The van der Waals surface area contributed by atoms with Crippen LogP contribution < -0.4 is 5.56 Å². The molecule has 0 unspecified atom stereocenters. The van der Waals surface area contributed by atoms with Gasteiger partial charge in [0.25, 0.3) is 5.56 Å². The minimum atomic E-state index is -0.00292. The van der Waals surface area contributed by atoms with Crippen LogP contribution in [0, 0.1) is 0 Å². The molecule has 12 heavy (non-hydrogen) atoms. The van der Waals surface area contributed by atoms with Crippen LogP contribution in [0.15, 0.2) is 11.1 Å². The molecule has 0 spiro atoms. The second-order valence-electron chi connectivity index (χ2n) is 3.10. The van der Waals surface area contributed by atoms with Gasteiger partial charge in [-0.3, -0.25) is 4.79 Å². The lowest BCUT2D eigenvalue weighted by Crippen LogP contribution is -2.17. The quantitative estimate of drug-likeness (QED) is 0.722. The van der Waals surface area contributed by atoms with Crippen molar-refractivity contribution >= 4 is 0 Å². The van der Waals surface area contributed by atoms with Gasteiger partial charge in [0.15, 0.2) is 0 Å². The predicted molar refractivity (Wildman–Crippen MR) is 48.3 cm³/mol. The average Bonchev–Trinajstić information content (AvgIpc) is 2.03. The molecule has 3 nitrogen and oxygen atoms in total. The molecule has 3 heteroatoms. The van der Waals surface area contributed by atoms with Gasteiger partial charge in [-0.05, 0) is 12.3 Å². The van der Waals surface area contributed by atoms with E-state index in [2.05, 4.69) is 9.97 Å². The van der Waals surface area contributed by atoms with Gasteiger partial charge >= 0.3 is 0 Å². The van der Waals surface area contributed by atoms with E-state index in [4.69, 9.17) is 0 Å². The number of nitrogens with zero attached hydrogens (tertiary/aromatic N) is 1. The lowest BCUT2D eigenvalue weighted by molar-refractivity contribution is 0.794. The van der Waals surface area contributed by atoms with E-state index >= 15 is 0 Å². The van der Waals surface area contributed by atoms with Crippen molar-refractivity contribution in [3.05, 3.63) is 27.9 Å². The molecule has 0 atom stereocenters. The van der Waals surface area contributed by atoms with Crippen LogP contribution in [0.4, 0.5) is 0 Å². The summed E-state index contributed by atoms with van der Waals surface area (Å²) in [6.07, 6.45) is 2.28. The molecule has 1 rings (SSSR count). The first-order valence-corrected chi connectivity index (χ1v) is 4.23. The zero-order valence-electron chi connectivity index (χ0n) is 7.72. The van der Waals surface area contributed by atoms with Crippen LogP contribution in [0.1, 0.15) is 37.9 Å². The largest absolute Gasteiger partial charge is 0.313 e. The second kappa shape index (κ2) is 3.52. The zero-order chi connectivity index (χ0) is 9.14. The standard InChI is InChI=1S/C9H14N2O/c1-4-7-8(6(2)3)9(12)11-5-10-7/h5-6H,4H2,1-3H3,(H,10,11,12). The van der Waals surface area contributed by atoms with Crippen molar-refractivity contribution in [2.24, 2.45) is 0 Å². The van der Waals surface area contributed by atoms with Gasteiger partial charge in [0.2, 0.25) is 0 Å². The molecule has 66 valence electrons. The van der Waals surface area contributed by atoms with Gasteiger partial charge in [0, 0.05) is 5.56 Å². The number of H-pyrrole nitrogens is 1. The van der Waals surface area contributed by atoms with Crippen LogP contribution in [0.5, 0.6) is 0 Å². The molecule has 0 aromatic carbocycles. The Morgan fingerprint density at radius 3 is 2.67 bits per heavy atom. The van der Waals surface area contributed by atoms with Crippen molar-refractivity contribution in [2.75, 3.05) is 0 Å². The Labute approximate surface area is 71.9 Å².